The fourth-order valence-corrected chi connectivity index (χ4v) is 8.57. The molecule has 4 heterocycles. The van der Waals surface area contributed by atoms with E-state index in [2.05, 4.69) is 60.7 Å². The number of hydrogen-bond acceptors (Lipinski definition) is 6. The summed E-state index contributed by atoms with van der Waals surface area (Å²) in [7, 11) is 0. The van der Waals surface area contributed by atoms with Gasteiger partial charge in [-0.25, -0.2) is 15.0 Å². The molecule has 0 saturated heterocycles. The molecule has 0 aliphatic heterocycles. The van der Waals surface area contributed by atoms with Crippen LogP contribution in [0.3, 0.4) is 0 Å². The second-order valence-electron chi connectivity index (χ2n) is 14.4. The normalized spacial score (nSPS) is 13.4. The zero-order chi connectivity index (χ0) is 41.5. The van der Waals surface area contributed by atoms with Crippen molar-refractivity contribution in [3.63, 3.8) is 0 Å². The van der Waals surface area contributed by atoms with Crippen LogP contribution in [0.5, 0.6) is 0 Å². The van der Waals surface area contributed by atoms with Gasteiger partial charge in [-0.05, 0) is 93.3 Å². The summed E-state index contributed by atoms with van der Waals surface area (Å²) in [6.45, 7) is 0. The van der Waals surface area contributed by atoms with E-state index >= 15 is 0 Å². The molecule has 0 amide bonds. The molecule has 13 rings (SSSR count). The zero-order valence-electron chi connectivity index (χ0n) is 34.8. The predicted octanol–water partition coefficient (Wildman–Crippen LogP) is 14.0. The summed E-state index contributed by atoms with van der Waals surface area (Å²) in [5.74, 6) is 0.425. The van der Waals surface area contributed by atoms with Crippen LogP contribution in [0.4, 0.5) is 0 Å². The molecule has 0 fully saturated rings. The van der Waals surface area contributed by atoms with Crippen molar-refractivity contribution in [1.29, 1.82) is 0 Å². The highest BCUT2D eigenvalue weighted by Crippen LogP contribution is 2.45. The minimum absolute atomic E-state index is 0.0552. The number of hydrogen-bond donors (Lipinski definition) is 0. The second-order valence-corrected chi connectivity index (χ2v) is 14.4. The lowest BCUT2D eigenvalue weighted by Crippen LogP contribution is -2.00. The minimum atomic E-state index is -0.499. The molecule has 13 aromatic rings. The van der Waals surface area contributed by atoms with Crippen molar-refractivity contribution in [2.75, 3.05) is 0 Å². The van der Waals surface area contributed by atoms with E-state index in [9.17, 15) is 0 Å². The van der Waals surface area contributed by atoms with E-state index in [1.54, 1.807) is 0 Å². The van der Waals surface area contributed by atoms with Crippen LogP contribution in [0.1, 0.15) is 6.85 Å². The largest absolute Gasteiger partial charge is 0.456 e. The molecule has 6 nitrogen and oxygen atoms in total. The molecule has 0 aliphatic rings. The lowest BCUT2D eigenvalue weighted by atomic mass is 9.92. The molecule has 0 saturated carbocycles. The first-order valence-corrected chi connectivity index (χ1v) is 18.6. The third-order valence-corrected chi connectivity index (χ3v) is 11.2. The standard InChI is InChI=1S/C51H27N3O3/c1-2-9-28(10-3-1)49-52-50(30-18-21-36-35-13-6-7-15-41(35)55-44(36)25-30)54-51(53-49)31-19-22-38-37-20-17-29(24-43(37)57-45(38)26-31)32-23-40-34-12-5-4-11-33(34)39-14-8-16-42-47(39)48(40)46(27-32)56-42/h1-27H/i1D,2D,3D,9D,10D. The van der Waals surface area contributed by atoms with Crippen molar-refractivity contribution in [3.05, 3.63) is 164 Å². The van der Waals surface area contributed by atoms with E-state index in [1.165, 1.54) is 16.2 Å². The number of aromatic nitrogens is 3. The van der Waals surface area contributed by atoms with Gasteiger partial charge in [0.05, 0.1) is 6.85 Å². The maximum absolute atomic E-state index is 8.76. The van der Waals surface area contributed by atoms with Gasteiger partial charge in [0.25, 0.3) is 0 Å². The van der Waals surface area contributed by atoms with Crippen molar-refractivity contribution in [2.45, 2.75) is 0 Å². The topological polar surface area (TPSA) is 78.1 Å². The number of para-hydroxylation sites is 1. The third-order valence-electron chi connectivity index (χ3n) is 11.2. The van der Waals surface area contributed by atoms with E-state index in [0.717, 1.165) is 65.6 Å². The van der Waals surface area contributed by atoms with Crippen LogP contribution in [-0.2, 0) is 0 Å². The van der Waals surface area contributed by atoms with E-state index in [1.807, 2.05) is 72.8 Å². The summed E-state index contributed by atoms with van der Waals surface area (Å²) in [6.07, 6.45) is 0. The summed E-state index contributed by atoms with van der Waals surface area (Å²) in [5, 5.41) is 10.7. The molecule has 0 atom stereocenters. The van der Waals surface area contributed by atoms with Crippen LogP contribution in [0.15, 0.2) is 177 Å². The molecule has 6 heteroatoms. The van der Waals surface area contributed by atoms with E-state index < -0.39 is 30.2 Å². The predicted molar refractivity (Wildman–Crippen MR) is 230 cm³/mol. The van der Waals surface area contributed by atoms with Crippen LogP contribution < -0.4 is 0 Å². The molecular weight excluding hydrogens is 703 g/mol. The van der Waals surface area contributed by atoms with Gasteiger partial charge in [0.15, 0.2) is 17.5 Å². The zero-order valence-corrected chi connectivity index (χ0v) is 29.8. The van der Waals surface area contributed by atoms with Crippen molar-refractivity contribution in [1.82, 2.24) is 15.0 Å². The van der Waals surface area contributed by atoms with Crippen molar-refractivity contribution in [3.8, 4) is 45.3 Å². The molecule has 0 aliphatic carbocycles. The van der Waals surface area contributed by atoms with E-state index in [4.69, 9.17) is 35.1 Å². The Morgan fingerprint density at radius 1 is 0.316 bits per heavy atom. The van der Waals surface area contributed by atoms with Crippen molar-refractivity contribution >= 4 is 87.4 Å². The summed E-state index contributed by atoms with van der Waals surface area (Å²) in [5.41, 5.74) is 7.44. The molecule has 0 N–H and O–H groups in total. The molecule has 0 radical (unpaired) electrons. The van der Waals surface area contributed by atoms with Gasteiger partial charge in [-0.15, -0.1) is 0 Å². The smallest absolute Gasteiger partial charge is 0.164 e. The molecule has 4 aromatic heterocycles. The second kappa shape index (κ2) is 11.4. The average molecular weight is 735 g/mol. The summed E-state index contributed by atoms with van der Waals surface area (Å²) < 4.78 is 61.7. The third kappa shape index (κ3) is 4.49. The Balaban J connectivity index is 0.964. The first-order valence-electron chi connectivity index (χ1n) is 21.1. The molecule has 0 bridgehead atoms. The van der Waals surface area contributed by atoms with Crippen molar-refractivity contribution in [2.24, 2.45) is 0 Å². The number of fused-ring (bicyclic) bond motifs is 9. The highest BCUT2D eigenvalue weighted by Gasteiger charge is 2.20. The Labute approximate surface area is 330 Å². The number of benzene rings is 9. The Morgan fingerprint density at radius 2 is 0.789 bits per heavy atom. The van der Waals surface area contributed by atoms with Crippen LogP contribution in [0.25, 0.3) is 133 Å². The van der Waals surface area contributed by atoms with Gasteiger partial charge >= 0.3 is 0 Å². The van der Waals surface area contributed by atoms with Crippen LogP contribution in [0.2, 0.25) is 0 Å². The Bertz CT molecular complexity index is 4050. The van der Waals surface area contributed by atoms with Gasteiger partial charge in [-0.3, -0.25) is 0 Å². The summed E-state index contributed by atoms with van der Waals surface area (Å²) >= 11 is 0. The van der Waals surface area contributed by atoms with Gasteiger partial charge in [-0.2, -0.15) is 0 Å². The van der Waals surface area contributed by atoms with Gasteiger partial charge in [0.1, 0.15) is 33.5 Å². The number of rotatable bonds is 4. The van der Waals surface area contributed by atoms with Crippen LogP contribution >= 0.6 is 0 Å². The van der Waals surface area contributed by atoms with E-state index in [0.29, 0.717) is 27.9 Å². The molecule has 9 aromatic carbocycles. The maximum Gasteiger partial charge on any atom is 0.164 e. The lowest BCUT2D eigenvalue weighted by Gasteiger charge is -2.10. The fourth-order valence-electron chi connectivity index (χ4n) is 8.57. The first-order chi connectivity index (χ1) is 30.3. The number of furan rings is 3. The quantitative estimate of drug-likeness (QED) is 0.168. The average Bonchev–Trinajstić information content (AvgIpc) is 4.00. The van der Waals surface area contributed by atoms with Gasteiger partial charge in [0.2, 0.25) is 0 Å². The summed E-state index contributed by atoms with van der Waals surface area (Å²) in [6, 6.07) is 42.2. The lowest BCUT2D eigenvalue weighted by molar-refractivity contribution is 0.668. The monoisotopic (exact) mass is 734 g/mol. The maximum atomic E-state index is 8.76. The van der Waals surface area contributed by atoms with Gasteiger partial charge < -0.3 is 13.3 Å². The molecule has 0 spiro atoms. The van der Waals surface area contributed by atoms with Crippen LogP contribution in [0, 0.1) is 0 Å². The van der Waals surface area contributed by atoms with Gasteiger partial charge in [-0.1, -0.05) is 103 Å². The number of nitrogens with zero attached hydrogens (tertiary/aromatic N) is 3. The Kier molecular flexibility index (Phi) is 5.19. The summed E-state index contributed by atoms with van der Waals surface area (Å²) in [4.78, 5) is 14.4. The fraction of sp³-hybridized carbons (Fsp3) is 0. The van der Waals surface area contributed by atoms with Crippen LogP contribution in [-0.4, -0.2) is 15.0 Å². The minimum Gasteiger partial charge on any atom is -0.456 e. The molecule has 0 unspecified atom stereocenters. The molecule has 57 heavy (non-hydrogen) atoms. The molecule has 264 valence electrons. The van der Waals surface area contributed by atoms with E-state index in [-0.39, 0.29) is 23.0 Å². The van der Waals surface area contributed by atoms with Crippen molar-refractivity contribution < 1.29 is 20.1 Å². The highest BCUT2D eigenvalue weighted by atomic mass is 16.3. The van der Waals surface area contributed by atoms with Gasteiger partial charge in [0, 0.05) is 49.0 Å². The Hall–Kier alpha value is -7.83. The highest BCUT2D eigenvalue weighted by molar-refractivity contribution is 6.33. The SMILES string of the molecule is [2H]c1c([2H])c([2H])c(-c2nc(-c3ccc4c(c3)oc3ccccc34)nc(-c3ccc4c(c3)oc3cc(-c5cc6oc7cccc8c9ccccc9c(c5)c6c78)ccc34)n2)c([2H])c1[2H]. The first kappa shape index (κ1) is 26.1. The molecular formula is C51H27N3O3. The Morgan fingerprint density at radius 3 is 1.49 bits per heavy atom.